The van der Waals surface area contributed by atoms with E-state index in [0.29, 0.717) is 11.0 Å². The molecule has 1 fully saturated rings. The second-order valence-corrected chi connectivity index (χ2v) is 5.52. The van der Waals surface area contributed by atoms with Crippen molar-refractivity contribution in [2.45, 2.75) is 40.0 Å². The van der Waals surface area contributed by atoms with Gasteiger partial charge in [-0.25, -0.2) is 0 Å². The van der Waals surface area contributed by atoms with E-state index in [1.165, 1.54) is 18.4 Å². The average Bonchev–Trinajstić information content (AvgIpc) is 3.15. The monoisotopic (exact) mass is 289 g/mol. The molecule has 0 amide bonds. The Bertz CT molecular complexity index is 389. The second kappa shape index (κ2) is 7.22. The molecule has 18 heavy (non-hydrogen) atoms. The summed E-state index contributed by atoms with van der Waals surface area (Å²) in [7, 11) is 1.78. The molecule has 1 rings (SSSR count). The molecule has 1 aliphatic carbocycles. The summed E-state index contributed by atoms with van der Waals surface area (Å²) in [6.45, 7) is 5.85. The lowest BCUT2D eigenvalue weighted by Gasteiger charge is -2.14. The van der Waals surface area contributed by atoms with Gasteiger partial charge in [0.25, 0.3) is 0 Å². The molecule has 0 aromatic heterocycles. The molecule has 0 aromatic rings. The predicted molar refractivity (Wildman–Crippen MR) is 78.3 cm³/mol. The van der Waals surface area contributed by atoms with Crippen LogP contribution in [-0.4, -0.2) is 7.05 Å². The molecule has 0 saturated heterocycles. The Labute approximate surface area is 120 Å². The molecule has 102 valence electrons. The number of hydrogen-bond donors (Lipinski definition) is 1. The molecule has 0 unspecified atom stereocenters. The highest BCUT2D eigenvalue weighted by atomic mass is 35.5. The summed E-state index contributed by atoms with van der Waals surface area (Å²) in [4.78, 5) is 5.52. The fraction of sp³-hybridized carbons (Fsp3) is 0.571. The number of halogens is 2. The molecule has 0 aromatic carbocycles. The first-order chi connectivity index (χ1) is 8.51. The van der Waals surface area contributed by atoms with E-state index < -0.39 is 0 Å². The Morgan fingerprint density at radius 2 is 1.94 bits per heavy atom. The third kappa shape index (κ3) is 4.34. The van der Waals surface area contributed by atoms with E-state index in [1.807, 2.05) is 19.9 Å². The van der Waals surface area contributed by atoms with Crippen molar-refractivity contribution in [2.75, 3.05) is 7.05 Å². The Balaban J connectivity index is 2.92. The Hall–Kier alpha value is -0.440. The molecule has 0 bridgehead atoms. The fourth-order valence-electron chi connectivity index (χ4n) is 1.87. The number of rotatable bonds is 6. The van der Waals surface area contributed by atoms with Gasteiger partial charge in [-0.05, 0) is 51.2 Å². The molecule has 1 saturated carbocycles. The zero-order chi connectivity index (χ0) is 13.7. The van der Waals surface area contributed by atoms with Gasteiger partial charge in [-0.2, -0.15) is 5.48 Å². The van der Waals surface area contributed by atoms with E-state index in [4.69, 9.17) is 28.0 Å². The lowest BCUT2D eigenvalue weighted by molar-refractivity contribution is 0.111. The molecule has 0 atom stereocenters. The van der Waals surface area contributed by atoms with E-state index in [0.717, 1.165) is 22.8 Å². The van der Waals surface area contributed by atoms with Gasteiger partial charge in [0, 0.05) is 23.0 Å². The first-order valence-corrected chi connectivity index (χ1v) is 6.97. The topological polar surface area (TPSA) is 21.3 Å². The highest BCUT2D eigenvalue weighted by molar-refractivity contribution is 6.35. The van der Waals surface area contributed by atoms with Gasteiger partial charge in [0.15, 0.2) is 0 Å². The van der Waals surface area contributed by atoms with Gasteiger partial charge in [-0.15, -0.1) is 0 Å². The third-order valence-electron chi connectivity index (χ3n) is 2.98. The van der Waals surface area contributed by atoms with E-state index >= 15 is 0 Å². The van der Waals surface area contributed by atoms with Crippen molar-refractivity contribution < 1.29 is 4.84 Å². The van der Waals surface area contributed by atoms with E-state index in [1.54, 1.807) is 7.05 Å². The molecule has 0 spiro atoms. The van der Waals surface area contributed by atoms with E-state index in [-0.39, 0.29) is 0 Å². The van der Waals surface area contributed by atoms with E-state index in [9.17, 15) is 0 Å². The molecule has 1 N–H and O–H groups in total. The van der Waals surface area contributed by atoms with Gasteiger partial charge in [-0.3, -0.25) is 0 Å². The van der Waals surface area contributed by atoms with Crippen molar-refractivity contribution in [3.05, 3.63) is 33.0 Å². The Morgan fingerprint density at radius 3 is 2.33 bits per heavy atom. The van der Waals surface area contributed by atoms with Gasteiger partial charge in [0.2, 0.25) is 0 Å². The zero-order valence-corrected chi connectivity index (χ0v) is 13.0. The summed E-state index contributed by atoms with van der Waals surface area (Å²) in [6, 6.07) is 0. The minimum absolute atomic E-state index is 0.554. The first kappa shape index (κ1) is 15.6. The number of hydroxylamine groups is 1. The average molecular weight is 290 g/mol. The maximum atomic E-state index is 6.19. The quantitative estimate of drug-likeness (QED) is 0.428. The van der Waals surface area contributed by atoms with Crippen LogP contribution in [0, 0.1) is 5.92 Å². The van der Waals surface area contributed by atoms with Gasteiger partial charge in [-0.1, -0.05) is 29.3 Å². The lowest BCUT2D eigenvalue weighted by Crippen LogP contribution is -2.10. The van der Waals surface area contributed by atoms with Crippen molar-refractivity contribution in [2.24, 2.45) is 5.92 Å². The molecular weight excluding hydrogens is 269 g/mol. The van der Waals surface area contributed by atoms with Crippen molar-refractivity contribution in [1.29, 1.82) is 0 Å². The molecular formula is C14H21Cl2NO. The Morgan fingerprint density at radius 1 is 1.33 bits per heavy atom. The van der Waals surface area contributed by atoms with E-state index in [2.05, 4.69) is 12.4 Å². The van der Waals surface area contributed by atoms with Crippen molar-refractivity contribution in [3.8, 4) is 0 Å². The lowest BCUT2D eigenvalue weighted by atomic mass is 10.0. The van der Waals surface area contributed by atoms with Crippen LogP contribution >= 0.6 is 23.2 Å². The molecule has 1 aliphatic rings. The molecule has 0 aliphatic heterocycles. The minimum atomic E-state index is 0.554. The molecule has 4 heteroatoms. The maximum absolute atomic E-state index is 6.19. The number of allylic oxidation sites excluding steroid dienone is 6. The summed E-state index contributed by atoms with van der Waals surface area (Å²) >= 11 is 12.3. The predicted octanol–water partition coefficient (Wildman–Crippen LogP) is 4.87. The summed E-state index contributed by atoms with van der Waals surface area (Å²) in [5.74, 6) is 1.59. The largest absolute Gasteiger partial charge is 0.413 e. The van der Waals surface area contributed by atoms with Crippen LogP contribution in [-0.2, 0) is 4.84 Å². The van der Waals surface area contributed by atoms with Crippen molar-refractivity contribution in [3.63, 3.8) is 0 Å². The maximum Gasteiger partial charge on any atom is 0.126 e. The highest BCUT2D eigenvalue weighted by Crippen LogP contribution is 2.40. The first-order valence-electron chi connectivity index (χ1n) is 6.21. The second-order valence-electron chi connectivity index (χ2n) is 4.55. The normalized spacial score (nSPS) is 19.3. The van der Waals surface area contributed by atoms with Crippen LogP contribution in [0.15, 0.2) is 33.0 Å². The molecule has 0 heterocycles. The third-order valence-corrected chi connectivity index (χ3v) is 3.65. The van der Waals surface area contributed by atoms with Crippen LogP contribution in [0.5, 0.6) is 0 Å². The van der Waals surface area contributed by atoms with Crippen molar-refractivity contribution >= 4 is 23.2 Å². The van der Waals surface area contributed by atoms with Gasteiger partial charge in [0.1, 0.15) is 5.76 Å². The van der Waals surface area contributed by atoms with Crippen LogP contribution in [0.2, 0.25) is 0 Å². The van der Waals surface area contributed by atoms with Gasteiger partial charge >= 0.3 is 0 Å². The number of hydrogen-bond acceptors (Lipinski definition) is 2. The van der Waals surface area contributed by atoms with Gasteiger partial charge < -0.3 is 4.84 Å². The smallest absolute Gasteiger partial charge is 0.126 e. The summed E-state index contributed by atoms with van der Waals surface area (Å²) in [5, 5.41) is 1.44. The zero-order valence-electron chi connectivity index (χ0n) is 11.4. The van der Waals surface area contributed by atoms with Gasteiger partial charge in [0.05, 0.1) is 0 Å². The molecule has 2 nitrogen and oxygen atoms in total. The Kier molecular flexibility index (Phi) is 6.27. The summed E-state index contributed by atoms with van der Waals surface area (Å²) in [5.41, 5.74) is 4.91. The van der Waals surface area contributed by atoms with Crippen LogP contribution < -0.4 is 5.48 Å². The summed E-state index contributed by atoms with van der Waals surface area (Å²) < 4.78 is 0. The van der Waals surface area contributed by atoms with Crippen LogP contribution in [0.3, 0.4) is 0 Å². The number of nitrogens with one attached hydrogen (secondary N) is 1. The standard InChI is InChI=1S/C14H21Cl2NO/c1-5-13(16)12(10(3)15)8-9(2)14(18-17-4)11-6-7-11/h5,11,17H,6-8H2,1-4H3/b12-10+,13-5+,14-9-. The van der Waals surface area contributed by atoms with Crippen LogP contribution in [0.25, 0.3) is 0 Å². The van der Waals surface area contributed by atoms with Crippen LogP contribution in [0.4, 0.5) is 0 Å². The minimum Gasteiger partial charge on any atom is -0.413 e. The molecule has 0 radical (unpaired) electrons. The highest BCUT2D eigenvalue weighted by Gasteiger charge is 2.29. The van der Waals surface area contributed by atoms with Crippen LogP contribution in [0.1, 0.15) is 40.0 Å². The SMILES string of the molecule is C/C=C(Cl)\C(C/C(C)=C(\ONC)C1CC1)=C(/C)Cl. The fourth-order valence-corrected chi connectivity index (χ4v) is 2.30. The summed E-state index contributed by atoms with van der Waals surface area (Å²) in [6.07, 6.45) is 4.99. The van der Waals surface area contributed by atoms with Crippen molar-refractivity contribution in [1.82, 2.24) is 5.48 Å².